The minimum atomic E-state index is -1.27. The van der Waals surface area contributed by atoms with E-state index in [9.17, 15) is 19.5 Å². The molecule has 1 aromatic carbocycles. The van der Waals surface area contributed by atoms with Crippen LogP contribution in [0.25, 0.3) is 0 Å². The van der Waals surface area contributed by atoms with E-state index in [2.05, 4.69) is 15.8 Å². The van der Waals surface area contributed by atoms with E-state index in [1.807, 2.05) is 30.1 Å². The lowest BCUT2D eigenvalue weighted by Crippen LogP contribution is -2.40. The first-order valence-corrected chi connectivity index (χ1v) is 10.2. The van der Waals surface area contributed by atoms with Crippen molar-refractivity contribution < 1.29 is 29.4 Å². The molecule has 1 aliphatic rings. The fourth-order valence-electron chi connectivity index (χ4n) is 2.92. The second-order valence-electron chi connectivity index (χ2n) is 6.99. The molecule has 0 spiro atoms. The number of hydrogen-bond donors (Lipinski definition) is 4. The highest BCUT2D eigenvalue weighted by molar-refractivity contribution is 7.17. The van der Waals surface area contributed by atoms with Crippen LogP contribution in [0, 0.1) is 0 Å². The van der Waals surface area contributed by atoms with Gasteiger partial charge in [-0.1, -0.05) is 6.07 Å². The van der Waals surface area contributed by atoms with Gasteiger partial charge in [0.15, 0.2) is 5.75 Å². The van der Waals surface area contributed by atoms with Crippen LogP contribution in [0.15, 0.2) is 35.3 Å². The average molecular weight is 446 g/mol. The van der Waals surface area contributed by atoms with Gasteiger partial charge in [-0.15, -0.1) is 11.3 Å². The number of fused-ring (bicyclic) bond motifs is 1. The Morgan fingerprint density at radius 2 is 2.03 bits per heavy atom. The van der Waals surface area contributed by atoms with Gasteiger partial charge in [-0.3, -0.25) is 9.59 Å². The van der Waals surface area contributed by atoms with Crippen LogP contribution >= 0.6 is 11.3 Å². The maximum atomic E-state index is 12.4. The summed E-state index contributed by atoms with van der Waals surface area (Å²) in [6.45, 7) is 2.36. The number of rotatable bonds is 9. The van der Waals surface area contributed by atoms with Gasteiger partial charge in [0.1, 0.15) is 17.6 Å². The van der Waals surface area contributed by atoms with Gasteiger partial charge in [0, 0.05) is 20.0 Å². The molecule has 1 aliphatic heterocycles. The number of carbonyl (C=O) groups is 3. The number of nitrogens with zero attached hydrogens (tertiary/aromatic N) is 2. The van der Waals surface area contributed by atoms with E-state index < -0.39 is 23.9 Å². The number of hydroxylamine groups is 1. The SMILES string of the molecule is CC1=Nc2ccc(CN(C)c3ccc(C(=O)N[C@@H](CCC(=O)O)C(=O)O)s3)cc2ON1. The Morgan fingerprint density at radius 1 is 1.26 bits per heavy atom. The van der Waals surface area contributed by atoms with E-state index in [0.29, 0.717) is 23.0 Å². The van der Waals surface area contributed by atoms with Crippen LogP contribution in [-0.4, -0.2) is 47.0 Å². The Hall–Kier alpha value is -3.60. The molecule has 1 amide bonds. The molecule has 0 fully saturated rings. The van der Waals surface area contributed by atoms with Gasteiger partial charge < -0.3 is 25.3 Å². The molecule has 0 unspecified atom stereocenters. The zero-order valence-electron chi connectivity index (χ0n) is 16.9. The predicted octanol–water partition coefficient (Wildman–Crippen LogP) is 2.38. The van der Waals surface area contributed by atoms with Crippen LogP contribution in [0.1, 0.15) is 35.0 Å². The predicted molar refractivity (Wildman–Crippen MR) is 115 cm³/mol. The van der Waals surface area contributed by atoms with Gasteiger partial charge in [-0.2, -0.15) is 0 Å². The molecule has 0 radical (unpaired) electrons. The first-order valence-electron chi connectivity index (χ1n) is 9.40. The molecule has 11 heteroatoms. The zero-order valence-corrected chi connectivity index (χ0v) is 17.7. The monoisotopic (exact) mass is 446 g/mol. The number of amidine groups is 1. The van der Waals surface area contributed by atoms with Crippen LogP contribution in [0.2, 0.25) is 0 Å². The highest BCUT2D eigenvalue weighted by atomic mass is 32.1. The summed E-state index contributed by atoms with van der Waals surface area (Å²) in [5.41, 5.74) is 4.45. The van der Waals surface area contributed by atoms with E-state index in [-0.39, 0.29) is 12.8 Å². The smallest absolute Gasteiger partial charge is 0.326 e. The molecule has 0 bridgehead atoms. The van der Waals surface area contributed by atoms with Gasteiger partial charge in [-0.05, 0) is 43.2 Å². The van der Waals surface area contributed by atoms with Crippen LogP contribution < -0.4 is 20.5 Å². The molecule has 2 aromatic rings. The lowest BCUT2D eigenvalue weighted by atomic mass is 10.1. The molecular formula is C20H22N4O6S. The maximum Gasteiger partial charge on any atom is 0.326 e. The molecule has 1 aromatic heterocycles. The molecule has 3 rings (SSSR count). The van der Waals surface area contributed by atoms with Crippen molar-refractivity contribution >= 4 is 45.7 Å². The summed E-state index contributed by atoms with van der Waals surface area (Å²) in [6.07, 6.45) is -0.534. The number of benzene rings is 1. The summed E-state index contributed by atoms with van der Waals surface area (Å²) in [6, 6.07) is 7.83. The number of carboxylic acid groups (broad SMARTS) is 2. The standard InChI is InChI=1S/C20H22N4O6S/c1-11-21-13-4-3-12(9-15(13)30-23-11)10-24(2)17-7-6-16(31-17)19(27)22-14(20(28)29)5-8-18(25)26/h3-4,6-7,9,14H,5,8,10H2,1-2H3,(H,21,23)(H,22,27)(H,25,26)(H,28,29)/t14-/m0/s1. The molecule has 164 valence electrons. The zero-order chi connectivity index (χ0) is 22.5. The molecule has 0 saturated carbocycles. The molecule has 0 saturated heterocycles. The summed E-state index contributed by atoms with van der Waals surface area (Å²) >= 11 is 1.21. The second-order valence-corrected chi connectivity index (χ2v) is 8.06. The van der Waals surface area contributed by atoms with Crippen molar-refractivity contribution in [2.24, 2.45) is 4.99 Å². The second kappa shape index (κ2) is 9.47. The Bertz CT molecular complexity index is 1030. The highest BCUT2D eigenvalue weighted by Crippen LogP contribution is 2.32. The molecule has 10 nitrogen and oxygen atoms in total. The molecule has 4 N–H and O–H groups in total. The minimum Gasteiger partial charge on any atom is -0.481 e. The Kier molecular flexibility index (Phi) is 6.75. The third-order valence-corrected chi connectivity index (χ3v) is 5.68. The number of anilines is 1. The number of aliphatic carboxylic acids is 2. The minimum absolute atomic E-state index is 0.187. The largest absolute Gasteiger partial charge is 0.481 e. The molecule has 1 atom stereocenters. The number of carboxylic acids is 2. The van der Waals surface area contributed by atoms with Gasteiger partial charge in [0.05, 0.1) is 9.88 Å². The topological polar surface area (TPSA) is 141 Å². The molecule has 0 aliphatic carbocycles. The number of hydrogen-bond acceptors (Lipinski definition) is 8. The highest BCUT2D eigenvalue weighted by Gasteiger charge is 2.23. The normalized spacial score (nSPS) is 13.2. The maximum absolute atomic E-state index is 12.4. The first-order chi connectivity index (χ1) is 14.7. The van der Waals surface area contributed by atoms with Gasteiger partial charge in [-0.25, -0.2) is 15.3 Å². The first kappa shape index (κ1) is 22.1. The van der Waals surface area contributed by atoms with Crippen LogP contribution in [0.5, 0.6) is 5.75 Å². The number of thiophene rings is 1. The number of amides is 1. The lowest BCUT2D eigenvalue weighted by Gasteiger charge is -2.20. The summed E-state index contributed by atoms with van der Waals surface area (Å²) in [5.74, 6) is -1.64. The van der Waals surface area contributed by atoms with Gasteiger partial charge in [0.25, 0.3) is 5.91 Å². The Labute approximate surface area is 182 Å². The quantitative estimate of drug-likeness (QED) is 0.460. The third-order valence-electron chi connectivity index (χ3n) is 4.48. The van der Waals surface area contributed by atoms with E-state index >= 15 is 0 Å². The Balaban J connectivity index is 1.63. The number of nitrogens with one attached hydrogen (secondary N) is 2. The van der Waals surface area contributed by atoms with Crippen molar-refractivity contribution in [2.75, 3.05) is 11.9 Å². The number of aliphatic imine (C=N–C) groups is 1. The molecular weight excluding hydrogens is 424 g/mol. The van der Waals surface area contributed by atoms with Crippen LogP contribution in [0.4, 0.5) is 10.7 Å². The van der Waals surface area contributed by atoms with Crippen molar-refractivity contribution in [3.05, 3.63) is 40.8 Å². The number of carbonyl (C=O) groups excluding carboxylic acids is 1. The van der Waals surface area contributed by atoms with Crippen molar-refractivity contribution in [1.29, 1.82) is 0 Å². The Morgan fingerprint density at radius 3 is 2.74 bits per heavy atom. The van der Waals surface area contributed by atoms with Crippen LogP contribution in [0.3, 0.4) is 0 Å². The van der Waals surface area contributed by atoms with Crippen molar-refractivity contribution in [3.63, 3.8) is 0 Å². The summed E-state index contributed by atoms with van der Waals surface area (Å²) < 4.78 is 0. The van der Waals surface area contributed by atoms with Crippen molar-refractivity contribution in [1.82, 2.24) is 10.8 Å². The summed E-state index contributed by atoms with van der Waals surface area (Å²) in [4.78, 5) is 46.5. The van der Waals surface area contributed by atoms with E-state index in [4.69, 9.17) is 9.94 Å². The molecule has 2 heterocycles. The van der Waals surface area contributed by atoms with E-state index in [1.165, 1.54) is 11.3 Å². The van der Waals surface area contributed by atoms with Gasteiger partial charge >= 0.3 is 11.9 Å². The fraction of sp³-hybridized carbons (Fsp3) is 0.300. The third kappa shape index (κ3) is 5.72. The van der Waals surface area contributed by atoms with Crippen LogP contribution in [-0.2, 0) is 16.1 Å². The lowest BCUT2D eigenvalue weighted by molar-refractivity contribution is -0.140. The average Bonchev–Trinajstić information content (AvgIpc) is 3.21. The van der Waals surface area contributed by atoms with Gasteiger partial charge in [0.2, 0.25) is 0 Å². The summed E-state index contributed by atoms with van der Waals surface area (Å²) in [7, 11) is 1.88. The van der Waals surface area contributed by atoms with E-state index in [0.717, 1.165) is 16.3 Å². The molecule has 31 heavy (non-hydrogen) atoms. The van der Waals surface area contributed by atoms with Crippen molar-refractivity contribution in [3.8, 4) is 5.75 Å². The van der Waals surface area contributed by atoms with Crippen molar-refractivity contribution in [2.45, 2.75) is 32.4 Å². The fourth-order valence-corrected chi connectivity index (χ4v) is 3.79. The summed E-state index contributed by atoms with van der Waals surface area (Å²) in [5, 5.41) is 21.1. The van der Waals surface area contributed by atoms with E-state index in [1.54, 1.807) is 19.1 Å².